The lowest BCUT2D eigenvalue weighted by molar-refractivity contribution is 0.413. The molecule has 0 bridgehead atoms. The number of nitrogens with zero attached hydrogens (tertiary/aromatic N) is 3. The summed E-state index contributed by atoms with van der Waals surface area (Å²) in [6.07, 6.45) is 7.13. The summed E-state index contributed by atoms with van der Waals surface area (Å²) in [5.41, 5.74) is 7.68. The van der Waals surface area contributed by atoms with Crippen molar-refractivity contribution in [3.8, 4) is 0 Å². The van der Waals surface area contributed by atoms with Crippen LogP contribution in [0.15, 0.2) is 23.3 Å². The van der Waals surface area contributed by atoms with E-state index in [9.17, 15) is 0 Å². The van der Waals surface area contributed by atoms with E-state index in [0.29, 0.717) is 5.92 Å². The van der Waals surface area contributed by atoms with E-state index in [1.165, 1.54) is 18.5 Å². The second-order valence-electron chi connectivity index (χ2n) is 6.12. The van der Waals surface area contributed by atoms with E-state index in [0.717, 1.165) is 31.2 Å². The molecule has 1 aliphatic carbocycles. The molecule has 1 aromatic rings. The fourth-order valence-corrected chi connectivity index (χ4v) is 2.58. The molecular formula is C15H25N7. The van der Waals surface area contributed by atoms with Crippen molar-refractivity contribution >= 4 is 5.96 Å². The van der Waals surface area contributed by atoms with Crippen LogP contribution in [0.2, 0.25) is 0 Å². The van der Waals surface area contributed by atoms with Crippen molar-refractivity contribution in [2.75, 3.05) is 27.2 Å². The molecule has 1 unspecified atom stereocenters. The Hall–Kier alpha value is -1.86. The van der Waals surface area contributed by atoms with Gasteiger partial charge in [0, 0.05) is 31.4 Å². The van der Waals surface area contributed by atoms with Crippen LogP contribution in [-0.4, -0.2) is 48.2 Å². The smallest absolute Gasteiger partial charge is 0.200 e. The van der Waals surface area contributed by atoms with Crippen molar-refractivity contribution < 1.29 is 0 Å². The molecule has 0 radical (unpaired) electrons. The third-order valence-corrected chi connectivity index (χ3v) is 4.17. The average molecular weight is 303 g/mol. The number of aromatic amines is 1. The minimum Gasteiger partial charge on any atom is -0.346 e. The van der Waals surface area contributed by atoms with Gasteiger partial charge in [-0.05, 0) is 45.0 Å². The highest BCUT2D eigenvalue weighted by molar-refractivity contribution is 5.82. The SMILES string of the molecule is CNCCCN(C)C1=NC=CC(N)(c2cc(C3CC3)[nH]n2)N1. The van der Waals surface area contributed by atoms with Gasteiger partial charge in [-0.3, -0.25) is 5.10 Å². The standard InChI is InChI=1S/C15H25N7/c1-17-7-3-9-22(2)14-18-8-6-15(16,19-14)13-10-12(20-21-13)11-4-5-11/h6,8,10-11,17H,3-5,7,9,16H2,1-2H3,(H,18,19)(H,20,21). The van der Waals surface area contributed by atoms with Gasteiger partial charge in [-0.1, -0.05) is 0 Å². The van der Waals surface area contributed by atoms with Gasteiger partial charge in [-0.2, -0.15) is 5.10 Å². The van der Waals surface area contributed by atoms with Crippen LogP contribution in [0.3, 0.4) is 0 Å². The molecule has 7 heteroatoms. The van der Waals surface area contributed by atoms with Gasteiger partial charge in [-0.25, -0.2) is 4.99 Å². The van der Waals surface area contributed by atoms with Crippen molar-refractivity contribution in [2.45, 2.75) is 30.8 Å². The summed E-state index contributed by atoms with van der Waals surface area (Å²) < 4.78 is 0. The van der Waals surface area contributed by atoms with Crippen LogP contribution in [0.5, 0.6) is 0 Å². The molecule has 0 saturated heterocycles. The molecule has 0 amide bonds. The van der Waals surface area contributed by atoms with E-state index >= 15 is 0 Å². The number of nitrogens with one attached hydrogen (secondary N) is 3. The Morgan fingerprint density at radius 1 is 1.50 bits per heavy atom. The molecule has 1 saturated carbocycles. The van der Waals surface area contributed by atoms with Gasteiger partial charge < -0.3 is 21.3 Å². The summed E-state index contributed by atoms with van der Waals surface area (Å²) in [6, 6.07) is 2.07. The highest BCUT2D eigenvalue weighted by Gasteiger charge is 2.33. The van der Waals surface area contributed by atoms with Crippen molar-refractivity contribution in [1.82, 2.24) is 25.7 Å². The Morgan fingerprint density at radius 3 is 3.05 bits per heavy atom. The number of rotatable bonds is 6. The molecule has 1 atom stereocenters. The van der Waals surface area contributed by atoms with Gasteiger partial charge in [-0.15, -0.1) is 0 Å². The van der Waals surface area contributed by atoms with Crippen molar-refractivity contribution in [3.05, 3.63) is 29.7 Å². The van der Waals surface area contributed by atoms with Crippen molar-refractivity contribution in [2.24, 2.45) is 10.7 Å². The molecular weight excluding hydrogens is 278 g/mol. The molecule has 1 aliphatic heterocycles. The largest absolute Gasteiger partial charge is 0.346 e. The number of aromatic nitrogens is 2. The number of guanidine groups is 1. The monoisotopic (exact) mass is 303 g/mol. The molecule has 0 aromatic carbocycles. The lowest BCUT2D eigenvalue weighted by Crippen LogP contribution is -2.57. The Bertz CT molecular complexity index is 572. The Kier molecular flexibility index (Phi) is 4.17. The molecule has 1 aromatic heterocycles. The van der Waals surface area contributed by atoms with Gasteiger partial charge in [0.1, 0.15) is 5.69 Å². The maximum atomic E-state index is 6.50. The van der Waals surface area contributed by atoms with Crippen molar-refractivity contribution in [3.63, 3.8) is 0 Å². The molecule has 2 aliphatic rings. The van der Waals surface area contributed by atoms with Crippen LogP contribution >= 0.6 is 0 Å². The second-order valence-corrected chi connectivity index (χ2v) is 6.12. The molecule has 2 heterocycles. The minimum absolute atomic E-state index is 0.634. The maximum absolute atomic E-state index is 6.50. The summed E-state index contributed by atoms with van der Waals surface area (Å²) in [5, 5.41) is 14.0. The van der Waals surface area contributed by atoms with Gasteiger partial charge in [0.05, 0.1) is 0 Å². The number of hydrogen-bond donors (Lipinski definition) is 4. The van der Waals surface area contributed by atoms with Gasteiger partial charge in [0.25, 0.3) is 0 Å². The van der Waals surface area contributed by atoms with Crippen LogP contribution in [-0.2, 0) is 5.66 Å². The number of nitrogens with two attached hydrogens (primary N) is 1. The first-order chi connectivity index (χ1) is 10.6. The topological polar surface area (TPSA) is 94.4 Å². The molecule has 7 nitrogen and oxygen atoms in total. The first-order valence-electron chi connectivity index (χ1n) is 7.86. The first-order valence-corrected chi connectivity index (χ1v) is 7.86. The molecule has 22 heavy (non-hydrogen) atoms. The molecule has 0 spiro atoms. The van der Waals surface area contributed by atoms with Crippen molar-refractivity contribution in [1.29, 1.82) is 0 Å². The quantitative estimate of drug-likeness (QED) is 0.571. The van der Waals surface area contributed by atoms with E-state index < -0.39 is 5.66 Å². The predicted octanol–water partition coefficient (Wildman–Crippen LogP) is 0.413. The number of hydrogen-bond acceptors (Lipinski definition) is 6. The van der Waals surface area contributed by atoms with Crippen LogP contribution in [0.1, 0.15) is 36.6 Å². The second kappa shape index (κ2) is 6.10. The van der Waals surface area contributed by atoms with E-state index in [1.807, 2.05) is 20.2 Å². The Morgan fingerprint density at radius 2 is 2.32 bits per heavy atom. The lowest BCUT2D eigenvalue weighted by Gasteiger charge is -2.33. The normalized spacial score (nSPS) is 24.0. The van der Waals surface area contributed by atoms with E-state index in [-0.39, 0.29) is 0 Å². The van der Waals surface area contributed by atoms with Crippen LogP contribution in [0.25, 0.3) is 0 Å². The average Bonchev–Trinajstić information content (AvgIpc) is 3.24. The number of H-pyrrole nitrogens is 1. The van der Waals surface area contributed by atoms with Crippen LogP contribution in [0.4, 0.5) is 0 Å². The van der Waals surface area contributed by atoms with E-state index in [2.05, 4.69) is 36.8 Å². The molecule has 120 valence electrons. The molecule has 1 fully saturated rings. The zero-order valence-electron chi connectivity index (χ0n) is 13.3. The third-order valence-electron chi connectivity index (χ3n) is 4.17. The van der Waals surface area contributed by atoms with Crippen LogP contribution < -0.4 is 16.4 Å². The van der Waals surface area contributed by atoms with E-state index in [4.69, 9.17) is 5.73 Å². The summed E-state index contributed by atoms with van der Waals surface area (Å²) >= 11 is 0. The molecule has 5 N–H and O–H groups in total. The summed E-state index contributed by atoms with van der Waals surface area (Å²) in [7, 11) is 3.97. The summed E-state index contributed by atoms with van der Waals surface area (Å²) in [6.45, 7) is 1.88. The fraction of sp³-hybridized carbons (Fsp3) is 0.600. The van der Waals surface area contributed by atoms with Crippen LogP contribution in [0, 0.1) is 0 Å². The maximum Gasteiger partial charge on any atom is 0.200 e. The Labute approximate surface area is 131 Å². The van der Waals surface area contributed by atoms with Gasteiger partial charge in [0.2, 0.25) is 0 Å². The predicted molar refractivity (Wildman–Crippen MR) is 87.3 cm³/mol. The van der Waals surface area contributed by atoms with Gasteiger partial charge in [0.15, 0.2) is 11.6 Å². The summed E-state index contributed by atoms with van der Waals surface area (Å²) in [5.74, 6) is 1.41. The highest BCUT2D eigenvalue weighted by Crippen LogP contribution is 2.39. The molecule has 3 rings (SSSR count). The minimum atomic E-state index is -0.808. The zero-order chi connectivity index (χ0) is 15.6. The third kappa shape index (κ3) is 3.15. The fourth-order valence-electron chi connectivity index (χ4n) is 2.58. The summed E-state index contributed by atoms with van der Waals surface area (Å²) in [4.78, 5) is 6.48. The first kappa shape index (κ1) is 15.1. The zero-order valence-corrected chi connectivity index (χ0v) is 13.3. The number of aliphatic imine (C=N–C) groups is 1. The lowest BCUT2D eigenvalue weighted by atomic mass is 10.1. The van der Waals surface area contributed by atoms with E-state index in [1.54, 1.807) is 6.20 Å². The highest BCUT2D eigenvalue weighted by atomic mass is 15.3. The van der Waals surface area contributed by atoms with Gasteiger partial charge >= 0.3 is 0 Å². The Balaban J connectivity index is 1.67.